The Labute approximate surface area is 117 Å². The number of rotatable bonds is 2. The van der Waals surface area contributed by atoms with E-state index >= 15 is 0 Å². The van der Waals surface area contributed by atoms with Crippen LogP contribution in [0.4, 0.5) is 10.6 Å². The van der Waals surface area contributed by atoms with Crippen LogP contribution >= 0.6 is 11.8 Å². The van der Waals surface area contributed by atoms with E-state index < -0.39 is 11.7 Å². The zero-order valence-electron chi connectivity index (χ0n) is 11.7. The molecule has 0 saturated carbocycles. The van der Waals surface area contributed by atoms with Crippen LogP contribution in [0.2, 0.25) is 0 Å². The monoisotopic (exact) mass is 281 g/mol. The van der Waals surface area contributed by atoms with Crippen molar-refractivity contribution in [3.05, 3.63) is 11.1 Å². The molecule has 5 nitrogen and oxygen atoms in total. The second-order valence-electron chi connectivity index (χ2n) is 5.50. The van der Waals surface area contributed by atoms with Crippen molar-refractivity contribution in [1.29, 1.82) is 0 Å². The van der Waals surface area contributed by atoms with Crippen LogP contribution in [-0.2, 0) is 17.6 Å². The van der Waals surface area contributed by atoms with Gasteiger partial charge in [-0.2, -0.15) is 0 Å². The van der Waals surface area contributed by atoms with E-state index in [1.54, 1.807) is 11.8 Å². The molecular weight excluding hydrogens is 262 g/mol. The van der Waals surface area contributed by atoms with Crippen molar-refractivity contribution in [1.82, 2.24) is 10.2 Å². The molecule has 6 heteroatoms. The maximum Gasteiger partial charge on any atom is 0.413 e. The fourth-order valence-electron chi connectivity index (χ4n) is 2.12. The first-order chi connectivity index (χ1) is 8.90. The zero-order valence-corrected chi connectivity index (χ0v) is 12.6. The lowest BCUT2D eigenvalue weighted by molar-refractivity contribution is 0.0635. The third-order valence-electron chi connectivity index (χ3n) is 2.82. The van der Waals surface area contributed by atoms with Gasteiger partial charge in [-0.3, -0.25) is 5.32 Å². The van der Waals surface area contributed by atoms with Gasteiger partial charge in [-0.1, -0.05) is 0 Å². The van der Waals surface area contributed by atoms with Gasteiger partial charge in [-0.15, -0.1) is 22.0 Å². The fraction of sp³-hybridized carbons (Fsp3) is 0.615. The van der Waals surface area contributed by atoms with Gasteiger partial charge < -0.3 is 4.74 Å². The van der Waals surface area contributed by atoms with Gasteiger partial charge in [-0.25, -0.2) is 4.79 Å². The number of aromatic nitrogens is 2. The number of carbonyl (C=O) groups excluding carboxylic acids is 1. The van der Waals surface area contributed by atoms with Crippen LogP contribution in [0.25, 0.3) is 0 Å². The Balaban J connectivity index is 2.18. The third kappa shape index (κ3) is 3.37. The van der Waals surface area contributed by atoms with Crippen LogP contribution in [-0.4, -0.2) is 28.1 Å². The summed E-state index contributed by atoms with van der Waals surface area (Å²) in [6, 6.07) is 0. The van der Waals surface area contributed by atoms with E-state index in [1.165, 1.54) is 5.56 Å². The summed E-state index contributed by atoms with van der Waals surface area (Å²) in [6.45, 7) is 5.50. The molecule has 1 aromatic rings. The minimum absolute atomic E-state index is 0.479. The molecule has 0 aliphatic heterocycles. The van der Waals surface area contributed by atoms with Crippen LogP contribution in [0, 0.1) is 0 Å². The topological polar surface area (TPSA) is 64.1 Å². The van der Waals surface area contributed by atoms with Gasteiger partial charge in [0, 0.05) is 5.56 Å². The Morgan fingerprint density at radius 2 is 1.95 bits per heavy atom. The molecule has 1 aliphatic carbocycles. The van der Waals surface area contributed by atoms with E-state index in [0.717, 1.165) is 29.9 Å². The second kappa shape index (κ2) is 5.36. The number of fused-ring (bicyclic) bond motifs is 1. The predicted octanol–water partition coefficient (Wildman–Crippen LogP) is 3.03. The maximum atomic E-state index is 11.8. The zero-order chi connectivity index (χ0) is 14.0. The number of hydrogen-bond acceptors (Lipinski definition) is 5. The number of anilines is 1. The van der Waals surface area contributed by atoms with Crippen molar-refractivity contribution < 1.29 is 9.53 Å². The molecule has 0 fully saturated rings. The third-order valence-corrected chi connectivity index (χ3v) is 3.53. The Hall–Kier alpha value is -1.30. The largest absolute Gasteiger partial charge is 0.444 e. The average Bonchev–Trinajstić information content (AvgIpc) is 2.76. The SMILES string of the molecule is CSc1nnc(NC(=O)OC(C)(C)C)c2c1CCC2. The first kappa shape index (κ1) is 14.1. The number of nitrogens with one attached hydrogen (secondary N) is 1. The molecule has 19 heavy (non-hydrogen) atoms. The summed E-state index contributed by atoms with van der Waals surface area (Å²) in [4.78, 5) is 11.8. The van der Waals surface area contributed by atoms with Gasteiger partial charge in [0.25, 0.3) is 0 Å². The van der Waals surface area contributed by atoms with Crippen LogP contribution in [0.1, 0.15) is 38.3 Å². The number of nitrogens with zero attached hydrogens (tertiary/aromatic N) is 2. The summed E-state index contributed by atoms with van der Waals surface area (Å²) >= 11 is 1.59. The molecule has 1 amide bonds. The Bertz CT molecular complexity index is 497. The molecule has 1 heterocycles. The van der Waals surface area contributed by atoms with Gasteiger partial charge >= 0.3 is 6.09 Å². The summed E-state index contributed by atoms with van der Waals surface area (Å²) in [5.41, 5.74) is 1.80. The normalized spacial score (nSPS) is 14.1. The average molecular weight is 281 g/mol. The highest BCUT2D eigenvalue weighted by atomic mass is 32.2. The van der Waals surface area contributed by atoms with E-state index in [4.69, 9.17) is 4.74 Å². The number of amides is 1. The van der Waals surface area contributed by atoms with Crippen LogP contribution in [0.5, 0.6) is 0 Å². The molecule has 0 unspecified atom stereocenters. The van der Waals surface area contributed by atoms with Gasteiger partial charge in [0.15, 0.2) is 5.82 Å². The van der Waals surface area contributed by atoms with Crippen molar-refractivity contribution in [3.63, 3.8) is 0 Å². The molecule has 104 valence electrons. The minimum atomic E-state index is -0.514. The second-order valence-corrected chi connectivity index (χ2v) is 6.29. The Morgan fingerprint density at radius 1 is 1.26 bits per heavy atom. The quantitative estimate of drug-likeness (QED) is 0.844. The van der Waals surface area contributed by atoms with E-state index in [0.29, 0.717) is 5.82 Å². The Morgan fingerprint density at radius 3 is 2.58 bits per heavy atom. The molecule has 1 aliphatic rings. The maximum absolute atomic E-state index is 11.8. The summed E-state index contributed by atoms with van der Waals surface area (Å²) in [5.74, 6) is 0.541. The lowest BCUT2D eigenvalue weighted by atomic mass is 10.2. The smallest absolute Gasteiger partial charge is 0.413 e. The highest BCUT2D eigenvalue weighted by molar-refractivity contribution is 7.98. The van der Waals surface area contributed by atoms with Gasteiger partial charge in [-0.05, 0) is 51.9 Å². The highest BCUT2D eigenvalue weighted by Gasteiger charge is 2.23. The summed E-state index contributed by atoms with van der Waals surface area (Å²) < 4.78 is 5.23. The van der Waals surface area contributed by atoms with E-state index in [9.17, 15) is 4.79 Å². The lowest BCUT2D eigenvalue weighted by Gasteiger charge is -2.20. The van der Waals surface area contributed by atoms with E-state index in [-0.39, 0.29) is 0 Å². The van der Waals surface area contributed by atoms with Crippen molar-refractivity contribution in [2.75, 3.05) is 11.6 Å². The molecule has 0 atom stereocenters. The van der Waals surface area contributed by atoms with Crippen LogP contribution in [0.15, 0.2) is 5.03 Å². The number of carbonyl (C=O) groups is 1. The van der Waals surface area contributed by atoms with E-state index in [1.807, 2.05) is 27.0 Å². The number of ether oxygens (including phenoxy) is 1. The van der Waals surface area contributed by atoms with Crippen LogP contribution in [0.3, 0.4) is 0 Å². The van der Waals surface area contributed by atoms with Gasteiger partial charge in [0.2, 0.25) is 0 Å². The predicted molar refractivity (Wildman–Crippen MR) is 75.7 cm³/mol. The fourth-order valence-corrected chi connectivity index (χ4v) is 2.72. The molecule has 0 spiro atoms. The van der Waals surface area contributed by atoms with Crippen molar-refractivity contribution >= 4 is 23.7 Å². The lowest BCUT2D eigenvalue weighted by Crippen LogP contribution is -2.28. The minimum Gasteiger partial charge on any atom is -0.444 e. The number of hydrogen-bond donors (Lipinski definition) is 1. The van der Waals surface area contributed by atoms with Crippen molar-refractivity contribution in [2.45, 2.75) is 50.7 Å². The van der Waals surface area contributed by atoms with Crippen LogP contribution < -0.4 is 5.32 Å². The first-order valence-electron chi connectivity index (χ1n) is 6.33. The molecular formula is C13H19N3O2S. The van der Waals surface area contributed by atoms with Crippen molar-refractivity contribution in [3.8, 4) is 0 Å². The van der Waals surface area contributed by atoms with E-state index in [2.05, 4.69) is 15.5 Å². The number of thioether (sulfide) groups is 1. The molecule has 0 aromatic carbocycles. The van der Waals surface area contributed by atoms with Gasteiger partial charge in [0.1, 0.15) is 10.6 Å². The summed E-state index contributed by atoms with van der Waals surface area (Å²) in [7, 11) is 0. The molecule has 1 N–H and O–H groups in total. The highest BCUT2D eigenvalue weighted by Crippen LogP contribution is 2.32. The Kier molecular flexibility index (Phi) is 3.99. The molecule has 0 radical (unpaired) electrons. The molecule has 1 aromatic heterocycles. The molecule has 0 bridgehead atoms. The first-order valence-corrected chi connectivity index (χ1v) is 7.55. The van der Waals surface area contributed by atoms with Crippen molar-refractivity contribution in [2.24, 2.45) is 0 Å². The summed E-state index contributed by atoms with van der Waals surface area (Å²) in [6.07, 6.45) is 4.53. The van der Waals surface area contributed by atoms with Gasteiger partial charge in [0.05, 0.1) is 0 Å². The molecule has 0 saturated heterocycles. The molecule has 2 rings (SSSR count). The summed E-state index contributed by atoms with van der Waals surface area (Å²) in [5, 5.41) is 11.9. The standard InChI is InChI=1S/C13H19N3O2S/c1-13(2,3)18-12(17)14-10-8-6-5-7-9(8)11(19-4)16-15-10/h5-7H2,1-4H3,(H,14,15,17).